The molecule has 1 heterocycles. The third-order valence-corrected chi connectivity index (χ3v) is 6.42. The van der Waals surface area contributed by atoms with E-state index < -0.39 is 0 Å². The molecule has 0 unspecified atom stereocenters. The van der Waals surface area contributed by atoms with E-state index >= 15 is 0 Å². The summed E-state index contributed by atoms with van der Waals surface area (Å²) >= 11 is 0. The first-order valence-corrected chi connectivity index (χ1v) is 11.3. The molecule has 160 valence electrons. The highest BCUT2D eigenvalue weighted by molar-refractivity contribution is 5.94. The van der Waals surface area contributed by atoms with Crippen LogP contribution in [-0.4, -0.2) is 37.6 Å². The van der Waals surface area contributed by atoms with E-state index in [-0.39, 0.29) is 11.7 Å². The monoisotopic (exact) mass is 409 g/mol. The minimum absolute atomic E-state index is 0.0506. The molecule has 1 saturated carbocycles. The molecule has 1 saturated heterocycles. The average molecular weight is 410 g/mol. The number of hydrogen-bond acceptors (Lipinski definition) is 3. The number of nitrogens with zero attached hydrogens (tertiary/aromatic N) is 1. The number of piperidine rings is 1. The molecule has 5 heteroatoms. The first kappa shape index (κ1) is 20.9. The Morgan fingerprint density at radius 2 is 1.70 bits per heavy atom. The number of amides is 1. The lowest BCUT2D eigenvalue weighted by Crippen LogP contribution is -2.43. The topological polar surface area (TPSA) is 44.4 Å². The minimum Gasteiger partial charge on any atom is -0.371 e. The number of rotatable bonds is 7. The Bertz CT molecular complexity index is 825. The summed E-state index contributed by atoms with van der Waals surface area (Å²) in [5.74, 6) is -0.113. The van der Waals surface area contributed by atoms with E-state index in [1.807, 2.05) is 18.2 Å². The van der Waals surface area contributed by atoms with Crippen molar-refractivity contribution in [1.82, 2.24) is 10.6 Å². The van der Waals surface area contributed by atoms with Gasteiger partial charge < -0.3 is 15.5 Å². The summed E-state index contributed by atoms with van der Waals surface area (Å²) < 4.78 is 13.3. The molecule has 0 bridgehead atoms. The van der Waals surface area contributed by atoms with Crippen LogP contribution in [0.3, 0.4) is 0 Å². The summed E-state index contributed by atoms with van der Waals surface area (Å²) in [4.78, 5) is 14.8. The summed E-state index contributed by atoms with van der Waals surface area (Å²) in [6.07, 6.45) is 7.69. The summed E-state index contributed by atoms with van der Waals surface area (Å²) in [5.41, 5.74) is 2.97. The lowest BCUT2D eigenvalue weighted by Gasteiger charge is -2.34. The summed E-state index contributed by atoms with van der Waals surface area (Å²) in [5, 5.41) is 6.77. The van der Waals surface area contributed by atoms with Crippen LogP contribution in [0.4, 0.5) is 10.1 Å². The standard InChI is InChI=1S/C25H32FN3O/c26-21-5-3-4-19(18-21)12-15-27-22-13-16-29(17-14-22)24-10-8-20(9-11-24)25(30)28-23-6-1-2-7-23/h3-5,8-11,18,22-23,27H,1-2,6-7,12-17H2,(H,28,30). The van der Waals surface area contributed by atoms with Gasteiger partial charge in [-0.3, -0.25) is 4.79 Å². The molecule has 0 spiro atoms. The predicted molar refractivity (Wildman–Crippen MR) is 120 cm³/mol. The van der Waals surface area contributed by atoms with Gasteiger partial charge in [0.15, 0.2) is 0 Å². The van der Waals surface area contributed by atoms with Crippen LogP contribution in [0.2, 0.25) is 0 Å². The predicted octanol–water partition coefficient (Wildman–Crippen LogP) is 4.30. The zero-order valence-electron chi connectivity index (χ0n) is 17.6. The second-order valence-electron chi connectivity index (χ2n) is 8.60. The number of anilines is 1. The number of halogens is 1. The Morgan fingerprint density at radius 3 is 2.40 bits per heavy atom. The molecule has 4 rings (SSSR count). The van der Waals surface area contributed by atoms with Crippen LogP contribution in [0.1, 0.15) is 54.4 Å². The maximum Gasteiger partial charge on any atom is 0.251 e. The highest BCUT2D eigenvalue weighted by Crippen LogP contribution is 2.22. The van der Waals surface area contributed by atoms with Crippen molar-refractivity contribution in [3.05, 3.63) is 65.5 Å². The summed E-state index contributed by atoms with van der Waals surface area (Å²) in [7, 11) is 0. The first-order chi connectivity index (χ1) is 14.7. The highest BCUT2D eigenvalue weighted by Gasteiger charge is 2.20. The fourth-order valence-electron chi connectivity index (χ4n) is 4.62. The summed E-state index contributed by atoms with van der Waals surface area (Å²) in [6, 6.07) is 15.7. The van der Waals surface area contributed by atoms with Crippen molar-refractivity contribution in [3.8, 4) is 0 Å². The zero-order valence-corrected chi connectivity index (χ0v) is 17.6. The zero-order chi connectivity index (χ0) is 20.8. The molecule has 2 aliphatic rings. The van der Waals surface area contributed by atoms with Crippen LogP contribution in [-0.2, 0) is 6.42 Å². The van der Waals surface area contributed by atoms with Crippen molar-refractivity contribution in [3.63, 3.8) is 0 Å². The largest absolute Gasteiger partial charge is 0.371 e. The van der Waals surface area contributed by atoms with Gasteiger partial charge in [-0.25, -0.2) is 4.39 Å². The van der Waals surface area contributed by atoms with E-state index in [9.17, 15) is 9.18 Å². The molecule has 30 heavy (non-hydrogen) atoms. The third-order valence-electron chi connectivity index (χ3n) is 6.42. The maximum absolute atomic E-state index is 13.3. The van der Waals surface area contributed by atoms with E-state index in [0.717, 1.165) is 62.9 Å². The first-order valence-electron chi connectivity index (χ1n) is 11.3. The van der Waals surface area contributed by atoms with Crippen LogP contribution < -0.4 is 15.5 Å². The molecule has 0 radical (unpaired) electrons. The normalized spacial score (nSPS) is 18.0. The Kier molecular flexibility index (Phi) is 7.00. The van der Waals surface area contributed by atoms with Gasteiger partial charge in [-0.05, 0) is 80.6 Å². The average Bonchev–Trinajstić information content (AvgIpc) is 3.27. The van der Waals surface area contributed by atoms with Gasteiger partial charge in [0.25, 0.3) is 5.91 Å². The molecular weight excluding hydrogens is 377 g/mol. The summed E-state index contributed by atoms with van der Waals surface area (Å²) in [6.45, 7) is 2.88. The molecule has 0 atom stereocenters. The molecule has 1 aliphatic carbocycles. The Morgan fingerprint density at radius 1 is 0.967 bits per heavy atom. The minimum atomic E-state index is -0.164. The Balaban J connectivity index is 1.20. The SMILES string of the molecule is O=C(NC1CCCC1)c1ccc(N2CCC(NCCc3cccc(F)c3)CC2)cc1. The molecule has 1 amide bonds. The van der Waals surface area contributed by atoms with Crippen molar-refractivity contribution in [2.75, 3.05) is 24.5 Å². The second-order valence-corrected chi connectivity index (χ2v) is 8.60. The van der Waals surface area contributed by atoms with E-state index in [0.29, 0.717) is 12.1 Å². The van der Waals surface area contributed by atoms with Gasteiger partial charge in [0, 0.05) is 36.4 Å². The highest BCUT2D eigenvalue weighted by atomic mass is 19.1. The molecule has 2 fully saturated rings. The number of benzene rings is 2. The Hall–Kier alpha value is -2.40. The van der Waals surface area contributed by atoms with Gasteiger partial charge in [0.05, 0.1) is 0 Å². The Labute approximate surface area is 178 Å². The molecule has 2 N–H and O–H groups in total. The smallest absolute Gasteiger partial charge is 0.251 e. The molecular formula is C25H32FN3O. The van der Waals surface area contributed by atoms with Crippen molar-refractivity contribution < 1.29 is 9.18 Å². The van der Waals surface area contributed by atoms with E-state index in [4.69, 9.17) is 0 Å². The maximum atomic E-state index is 13.3. The molecule has 0 aromatic heterocycles. The van der Waals surface area contributed by atoms with E-state index in [2.05, 4.69) is 27.7 Å². The van der Waals surface area contributed by atoms with Crippen molar-refractivity contribution in [1.29, 1.82) is 0 Å². The van der Waals surface area contributed by atoms with Crippen LogP contribution in [0.25, 0.3) is 0 Å². The lowest BCUT2D eigenvalue weighted by molar-refractivity contribution is 0.0938. The van der Waals surface area contributed by atoms with E-state index in [1.165, 1.54) is 24.6 Å². The third kappa shape index (κ3) is 5.60. The van der Waals surface area contributed by atoms with Gasteiger partial charge in [-0.15, -0.1) is 0 Å². The van der Waals surface area contributed by atoms with Gasteiger partial charge in [-0.2, -0.15) is 0 Å². The molecule has 4 nitrogen and oxygen atoms in total. The van der Waals surface area contributed by atoms with Crippen molar-refractivity contribution in [2.45, 2.75) is 57.0 Å². The molecule has 2 aromatic carbocycles. The molecule has 1 aliphatic heterocycles. The van der Waals surface area contributed by atoms with E-state index in [1.54, 1.807) is 12.1 Å². The van der Waals surface area contributed by atoms with Crippen LogP contribution in [0.15, 0.2) is 48.5 Å². The number of nitrogens with one attached hydrogen (secondary N) is 2. The number of hydrogen-bond donors (Lipinski definition) is 2. The van der Waals surface area contributed by atoms with Gasteiger partial charge >= 0.3 is 0 Å². The second kappa shape index (κ2) is 10.1. The van der Waals surface area contributed by atoms with Gasteiger partial charge in [-0.1, -0.05) is 25.0 Å². The van der Waals surface area contributed by atoms with Crippen LogP contribution >= 0.6 is 0 Å². The van der Waals surface area contributed by atoms with Crippen LogP contribution in [0, 0.1) is 5.82 Å². The van der Waals surface area contributed by atoms with Gasteiger partial charge in [0.1, 0.15) is 5.82 Å². The van der Waals surface area contributed by atoms with Crippen molar-refractivity contribution in [2.24, 2.45) is 0 Å². The van der Waals surface area contributed by atoms with Gasteiger partial charge in [0.2, 0.25) is 0 Å². The number of carbonyl (C=O) groups is 1. The molecule has 2 aromatic rings. The lowest BCUT2D eigenvalue weighted by atomic mass is 10.0. The van der Waals surface area contributed by atoms with Crippen molar-refractivity contribution >= 4 is 11.6 Å². The quantitative estimate of drug-likeness (QED) is 0.717. The fraction of sp³-hybridized carbons (Fsp3) is 0.480. The fourth-order valence-corrected chi connectivity index (χ4v) is 4.62. The van der Waals surface area contributed by atoms with Crippen LogP contribution in [0.5, 0.6) is 0 Å². The number of carbonyl (C=O) groups excluding carboxylic acids is 1.